The zero-order valence-electron chi connectivity index (χ0n) is 17.1. The van der Waals surface area contributed by atoms with Gasteiger partial charge in [-0.2, -0.15) is 18.3 Å². The number of hydrogen-bond acceptors (Lipinski definition) is 6. The van der Waals surface area contributed by atoms with Crippen LogP contribution in [0.15, 0.2) is 30.7 Å². The number of rotatable bonds is 6. The van der Waals surface area contributed by atoms with Crippen molar-refractivity contribution in [2.45, 2.75) is 45.0 Å². The molecule has 7 nitrogen and oxygen atoms in total. The lowest BCUT2D eigenvalue weighted by atomic mass is 9.94. The molecule has 1 fully saturated rings. The van der Waals surface area contributed by atoms with Crippen molar-refractivity contribution >= 4 is 17.0 Å². The van der Waals surface area contributed by atoms with Gasteiger partial charge in [0.05, 0.1) is 19.0 Å². The smallest absolute Gasteiger partial charge is 0.433 e. The van der Waals surface area contributed by atoms with Crippen LogP contribution in [0.1, 0.15) is 25.5 Å². The highest BCUT2D eigenvalue weighted by Crippen LogP contribution is 2.31. The molecule has 3 aromatic heterocycles. The highest BCUT2D eigenvalue weighted by atomic mass is 19.4. The van der Waals surface area contributed by atoms with E-state index in [1.807, 2.05) is 11.8 Å². The second-order valence-corrected chi connectivity index (χ2v) is 7.79. The zero-order valence-corrected chi connectivity index (χ0v) is 17.1. The Morgan fingerprint density at radius 3 is 2.75 bits per heavy atom. The Morgan fingerprint density at radius 1 is 1.19 bits per heavy atom. The normalized spacial score (nSPS) is 19.7. The van der Waals surface area contributed by atoms with Crippen LogP contribution >= 0.6 is 0 Å². The van der Waals surface area contributed by atoms with E-state index >= 15 is 0 Å². The molecule has 1 aliphatic heterocycles. The summed E-state index contributed by atoms with van der Waals surface area (Å²) in [5.41, 5.74) is -0.292. The van der Waals surface area contributed by atoms with Crippen molar-refractivity contribution in [2.24, 2.45) is 5.92 Å². The van der Waals surface area contributed by atoms with Crippen molar-refractivity contribution < 1.29 is 26.7 Å². The van der Waals surface area contributed by atoms with E-state index in [2.05, 4.69) is 20.1 Å². The molecular formula is C20H21F5N6O. The minimum absolute atomic E-state index is 0.0390. The number of anilines is 1. The minimum Gasteiger partial charge on any atom is -0.493 e. The van der Waals surface area contributed by atoms with E-state index in [1.165, 1.54) is 12.3 Å². The first-order valence-electron chi connectivity index (χ1n) is 10.1. The summed E-state index contributed by atoms with van der Waals surface area (Å²) in [6, 6.07) is 2.40. The van der Waals surface area contributed by atoms with Gasteiger partial charge in [-0.05, 0) is 25.8 Å². The number of ether oxygens (including phenoxy) is 1. The molecule has 1 saturated heterocycles. The predicted octanol–water partition coefficient (Wildman–Crippen LogP) is 4.19. The zero-order chi connectivity index (χ0) is 22.9. The molecule has 32 heavy (non-hydrogen) atoms. The number of halogens is 5. The van der Waals surface area contributed by atoms with Crippen molar-refractivity contribution in [3.8, 4) is 5.75 Å². The number of hydrogen-bond donors (Lipinski definition) is 0. The van der Waals surface area contributed by atoms with Crippen LogP contribution < -0.4 is 9.64 Å². The summed E-state index contributed by atoms with van der Waals surface area (Å²) >= 11 is 0. The maximum Gasteiger partial charge on any atom is 0.433 e. The van der Waals surface area contributed by atoms with Crippen LogP contribution in [-0.4, -0.2) is 50.4 Å². The Kier molecular flexibility index (Phi) is 6.11. The van der Waals surface area contributed by atoms with E-state index in [-0.39, 0.29) is 30.0 Å². The van der Waals surface area contributed by atoms with Crippen LogP contribution in [0.4, 0.5) is 27.8 Å². The van der Waals surface area contributed by atoms with Crippen molar-refractivity contribution in [2.75, 3.05) is 18.1 Å². The molecule has 0 unspecified atom stereocenters. The molecule has 0 aliphatic carbocycles. The molecule has 0 aromatic carbocycles. The van der Waals surface area contributed by atoms with Crippen molar-refractivity contribution in [1.82, 2.24) is 24.7 Å². The van der Waals surface area contributed by atoms with Gasteiger partial charge < -0.3 is 9.64 Å². The first-order chi connectivity index (χ1) is 15.2. The van der Waals surface area contributed by atoms with E-state index in [9.17, 15) is 22.0 Å². The van der Waals surface area contributed by atoms with Crippen molar-refractivity contribution in [1.29, 1.82) is 0 Å². The van der Waals surface area contributed by atoms with Gasteiger partial charge in [0.15, 0.2) is 5.65 Å². The second kappa shape index (κ2) is 8.83. The average Bonchev–Trinajstić information content (AvgIpc) is 3.14. The molecule has 172 valence electrons. The van der Waals surface area contributed by atoms with E-state index in [0.717, 1.165) is 29.8 Å². The lowest BCUT2D eigenvalue weighted by Crippen LogP contribution is -2.44. The third-order valence-corrected chi connectivity index (χ3v) is 5.42. The number of fused-ring (bicyclic) bond motifs is 1. The SMILES string of the molecule is C[C@@H]1CC[C@H](COc2ccnc(C(F)(F)F)c2)CN1c1cnc2cnn(CC(F)F)c2n1. The van der Waals surface area contributed by atoms with Gasteiger partial charge in [0, 0.05) is 30.8 Å². The Hall–Kier alpha value is -3.05. The third kappa shape index (κ3) is 4.89. The molecule has 0 saturated carbocycles. The number of aromatic nitrogens is 5. The summed E-state index contributed by atoms with van der Waals surface area (Å²) in [7, 11) is 0. The summed E-state index contributed by atoms with van der Waals surface area (Å²) in [5.74, 6) is 0.681. The fourth-order valence-corrected chi connectivity index (χ4v) is 3.75. The molecule has 0 spiro atoms. The molecule has 3 aromatic rings. The molecule has 12 heteroatoms. The topological polar surface area (TPSA) is 69.0 Å². The highest BCUT2D eigenvalue weighted by Gasteiger charge is 2.33. The Morgan fingerprint density at radius 2 is 2.00 bits per heavy atom. The Bertz CT molecular complexity index is 1070. The first-order valence-corrected chi connectivity index (χ1v) is 10.1. The van der Waals surface area contributed by atoms with Gasteiger partial charge in [-0.15, -0.1) is 0 Å². The predicted molar refractivity (Wildman–Crippen MR) is 106 cm³/mol. The van der Waals surface area contributed by atoms with Gasteiger partial charge in [0.1, 0.15) is 29.3 Å². The average molecular weight is 456 g/mol. The van der Waals surface area contributed by atoms with Crippen LogP contribution in [0.5, 0.6) is 5.75 Å². The molecule has 0 amide bonds. The van der Waals surface area contributed by atoms with Gasteiger partial charge in [-0.1, -0.05) is 0 Å². The quantitative estimate of drug-likeness (QED) is 0.518. The van der Waals surface area contributed by atoms with Gasteiger partial charge in [0.25, 0.3) is 6.43 Å². The van der Waals surface area contributed by atoms with Crippen molar-refractivity contribution in [3.05, 3.63) is 36.4 Å². The minimum atomic E-state index is -4.54. The van der Waals surface area contributed by atoms with Crippen LogP contribution in [-0.2, 0) is 12.7 Å². The van der Waals surface area contributed by atoms with E-state index in [4.69, 9.17) is 4.74 Å². The molecule has 0 N–H and O–H groups in total. The molecule has 4 heterocycles. The summed E-state index contributed by atoms with van der Waals surface area (Å²) in [5, 5.41) is 3.93. The van der Waals surface area contributed by atoms with Crippen LogP contribution in [0, 0.1) is 5.92 Å². The number of piperidine rings is 1. The first kappa shape index (κ1) is 22.2. The maximum absolute atomic E-state index is 12.8. The molecule has 0 radical (unpaired) electrons. The van der Waals surface area contributed by atoms with Crippen LogP contribution in [0.2, 0.25) is 0 Å². The van der Waals surface area contributed by atoms with Crippen LogP contribution in [0.25, 0.3) is 11.2 Å². The molecule has 0 bridgehead atoms. The van der Waals surface area contributed by atoms with Gasteiger partial charge in [-0.25, -0.2) is 23.4 Å². The lowest BCUT2D eigenvalue weighted by Gasteiger charge is -2.38. The number of pyridine rings is 1. The Balaban J connectivity index is 1.47. The highest BCUT2D eigenvalue weighted by molar-refractivity contribution is 5.71. The Labute approximate surface area is 180 Å². The monoisotopic (exact) mass is 456 g/mol. The largest absolute Gasteiger partial charge is 0.493 e. The van der Waals surface area contributed by atoms with E-state index in [1.54, 1.807) is 6.20 Å². The summed E-state index contributed by atoms with van der Waals surface area (Å²) in [6.07, 6.45) is -1.41. The summed E-state index contributed by atoms with van der Waals surface area (Å²) in [6.45, 7) is 2.22. The fraction of sp³-hybridized carbons (Fsp3) is 0.500. The molecule has 4 rings (SSSR count). The van der Waals surface area contributed by atoms with Crippen LogP contribution in [0.3, 0.4) is 0 Å². The third-order valence-electron chi connectivity index (χ3n) is 5.42. The van der Waals surface area contributed by atoms with Gasteiger partial charge in [-0.3, -0.25) is 4.98 Å². The molecule has 2 atom stereocenters. The lowest BCUT2D eigenvalue weighted by molar-refractivity contribution is -0.141. The number of alkyl halides is 5. The molecule has 1 aliphatic rings. The second-order valence-electron chi connectivity index (χ2n) is 7.79. The van der Waals surface area contributed by atoms with Gasteiger partial charge in [0.2, 0.25) is 0 Å². The molecular weight excluding hydrogens is 435 g/mol. The maximum atomic E-state index is 12.8. The summed E-state index contributed by atoms with van der Waals surface area (Å²) in [4.78, 5) is 14.1. The fourth-order valence-electron chi connectivity index (χ4n) is 3.75. The van der Waals surface area contributed by atoms with Gasteiger partial charge >= 0.3 is 6.18 Å². The van der Waals surface area contributed by atoms with E-state index < -0.39 is 24.8 Å². The summed E-state index contributed by atoms with van der Waals surface area (Å²) < 4.78 is 70.9. The van der Waals surface area contributed by atoms with Crippen molar-refractivity contribution in [3.63, 3.8) is 0 Å². The number of nitrogens with zero attached hydrogens (tertiary/aromatic N) is 6. The standard InChI is InChI=1S/C20H21F5N6O/c1-12-2-3-13(11-32-14-4-5-26-16(6-14)20(23,24)25)9-30(12)18-8-27-15-7-28-31(10-17(21)22)19(15)29-18/h4-8,12-13,17H,2-3,9-11H2,1H3/t12-,13+/m1/s1. The van der Waals surface area contributed by atoms with E-state index in [0.29, 0.717) is 17.9 Å².